The number of aromatic nitrogens is 1. The van der Waals surface area contributed by atoms with E-state index in [-0.39, 0.29) is 5.11 Å². The summed E-state index contributed by atoms with van der Waals surface area (Å²) in [5, 5.41) is 3.12. The Kier molecular flexibility index (Phi) is 5.81. The van der Waals surface area contributed by atoms with Crippen LogP contribution in [0.4, 0.5) is 5.69 Å². The van der Waals surface area contributed by atoms with Crippen LogP contribution in [0.3, 0.4) is 0 Å². The average molecular weight is 363 g/mol. The number of hydrogen-bond acceptors (Lipinski definition) is 3. The summed E-state index contributed by atoms with van der Waals surface area (Å²) in [6.07, 6.45) is 3.91. The Labute approximate surface area is 159 Å². The van der Waals surface area contributed by atoms with E-state index >= 15 is 0 Å². The highest BCUT2D eigenvalue weighted by molar-refractivity contribution is 7.80. The second-order valence-corrected chi connectivity index (χ2v) is 6.36. The summed E-state index contributed by atoms with van der Waals surface area (Å²) in [5.41, 5.74) is 9.68. The van der Waals surface area contributed by atoms with Crippen LogP contribution in [0, 0.1) is 0 Å². The molecule has 3 N–H and O–H groups in total. The molecule has 132 valence electrons. The highest BCUT2D eigenvalue weighted by atomic mass is 32.1. The van der Waals surface area contributed by atoms with Gasteiger partial charge >= 0.3 is 0 Å². The van der Waals surface area contributed by atoms with Gasteiger partial charge in [-0.25, -0.2) is 4.98 Å². The SMILES string of the molecule is CCCc1cccc(-c2cccnc2Oc2ccc(NC(N)=S)cc2)c1. The van der Waals surface area contributed by atoms with E-state index in [0.717, 1.165) is 29.7 Å². The van der Waals surface area contributed by atoms with Gasteiger partial charge in [-0.3, -0.25) is 0 Å². The summed E-state index contributed by atoms with van der Waals surface area (Å²) in [5.74, 6) is 1.28. The molecular weight excluding hydrogens is 342 g/mol. The summed E-state index contributed by atoms with van der Waals surface area (Å²) >= 11 is 4.84. The Bertz CT molecular complexity index is 894. The number of anilines is 1. The smallest absolute Gasteiger partial charge is 0.227 e. The van der Waals surface area contributed by atoms with Crippen LogP contribution in [-0.4, -0.2) is 10.1 Å². The topological polar surface area (TPSA) is 60.2 Å². The van der Waals surface area contributed by atoms with Crippen molar-refractivity contribution in [1.29, 1.82) is 0 Å². The van der Waals surface area contributed by atoms with E-state index in [4.69, 9.17) is 22.7 Å². The van der Waals surface area contributed by atoms with Crippen molar-refractivity contribution >= 4 is 23.0 Å². The molecule has 0 amide bonds. The second-order valence-electron chi connectivity index (χ2n) is 5.92. The molecule has 4 nitrogen and oxygen atoms in total. The van der Waals surface area contributed by atoms with Crippen molar-refractivity contribution in [3.8, 4) is 22.8 Å². The zero-order valence-corrected chi connectivity index (χ0v) is 15.4. The molecule has 0 aliphatic carbocycles. The van der Waals surface area contributed by atoms with Crippen LogP contribution in [0.2, 0.25) is 0 Å². The van der Waals surface area contributed by atoms with Gasteiger partial charge in [-0.1, -0.05) is 37.6 Å². The number of pyridine rings is 1. The van der Waals surface area contributed by atoms with Crippen molar-refractivity contribution in [3.63, 3.8) is 0 Å². The normalized spacial score (nSPS) is 10.3. The summed E-state index contributed by atoms with van der Waals surface area (Å²) in [6, 6.07) is 19.9. The zero-order chi connectivity index (χ0) is 18.4. The lowest BCUT2D eigenvalue weighted by atomic mass is 10.0. The zero-order valence-electron chi connectivity index (χ0n) is 14.6. The lowest BCUT2D eigenvalue weighted by molar-refractivity contribution is 0.465. The number of hydrogen-bond donors (Lipinski definition) is 2. The van der Waals surface area contributed by atoms with E-state index < -0.39 is 0 Å². The van der Waals surface area contributed by atoms with E-state index in [2.05, 4.69) is 41.5 Å². The van der Waals surface area contributed by atoms with E-state index in [1.54, 1.807) is 6.20 Å². The molecule has 0 saturated heterocycles. The van der Waals surface area contributed by atoms with Crippen LogP contribution in [0.25, 0.3) is 11.1 Å². The predicted molar refractivity (Wildman–Crippen MR) is 111 cm³/mol. The van der Waals surface area contributed by atoms with Crippen molar-refractivity contribution in [2.45, 2.75) is 19.8 Å². The average Bonchev–Trinajstić information content (AvgIpc) is 2.64. The molecular formula is C21H21N3OS. The van der Waals surface area contributed by atoms with Crippen molar-refractivity contribution in [2.24, 2.45) is 5.73 Å². The molecule has 0 bridgehead atoms. The minimum Gasteiger partial charge on any atom is -0.438 e. The van der Waals surface area contributed by atoms with Crippen LogP contribution in [-0.2, 0) is 6.42 Å². The van der Waals surface area contributed by atoms with Gasteiger partial charge < -0.3 is 15.8 Å². The van der Waals surface area contributed by atoms with Crippen molar-refractivity contribution in [3.05, 3.63) is 72.4 Å². The van der Waals surface area contributed by atoms with Gasteiger partial charge in [0, 0.05) is 17.4 Å². The summed E-state index contributed by atoms with van der Waals surface area (Å²) < 4.78 is 6.02. The molecule has 0 fully saturated rings. The fourth-order valence-electron chi connectivity index (χ4n) is 2.74. The largest absolute Gasteiger partial charge is 0.438 e. The Hall–Kier alpha value is -2.92. The number of nitrogens with two attached hydrogens (primary N) is 1. The number of nitrogens with one attached hydrogen (secondary N) is 1. The van der Waals surface area contributed by atoms with Gasteiger partial charge in [0.2, 0.25) is 5.88 Å². The molecule has 0 spiro atoms. The Balaban J connectivity index is 1.85. The van der Waals surface area contributed by atoms with Gasteiger partial charge in [0.25, 0.3) is 0 Å². The summed E-state index contributed by atoms with van der Waals surface area (Å²) in [7, 11) is 0. The first kappa shape index (κ1) is 17.9. The lowest BCUT2D eigenvalue weighted by Gasteiger charge is -2.12. The van der Waals surface area contributed by atoms with Crippen LogP contribution in [0.5, 0.6) is 11.6 Å². The number of nitrogens with zero attached hydrogens (tertiary/aromatic N) is 1. The fourth-order valence-corrected chi connectivity index (χ4v) is 2.85. The highest BCUT2D eigenvalue weighted by Crippen LogP contribution is 2.32. The minimum atomic E-state index is 0.234. The second kappa shape index (κ2) is 8.45. The number of thiocarbonyl (C=S) groups is 1. The maximum Gasteiger partial charge on any atom is 0.227 e. The van der Waals surface area contributed by atoms with Crippen molar-refractivity contribution < 1.29 is 4.74 Å². The van der Waals surface area contributed by atoms with Crippen molar-refractivity contribution in [1.82, 2.24) is 4.98 Å². The lowest BCUT2D eigenvalue weighted by Crippen LogP contribution is -2.18. The monoisotopic (exact) mass is 363 g/mol. The molecule has 0 unspecified atom stereocenters. The van der Waals surface area contributed by atoms with E-state index in [1.807, 2.05) is 36.4 Å². The third kappa shape index (κ3) is 4.58. The van der Waals surface area contributed by atoms with E-state index in [9.17, 15) is 0 Å². The maximum absolute atomic E-state index is 6.02. The van der Waals surface area contributed by atoms with Gasteiger partial charge in [0.1, 0.15) is 5.75 Å². The first-order valence-electron chi connectivity index (χ1n) is 8.54. The van der Waals surface area contributed by atoms with Gasteiger partial charge in [-0.2, -0.15) is 0 Å². The van der Waals surface area contributed by atoms with Gasteiger partial charge in [-0.05, 0) is 66.2 Å². The first-order valence-corrected chi connectivity index (χ1v) is 8.95. The van der Waals surface area contributed by atoms with Gasteiger partial charge in [-0.15, -0.1) is 0 Å². The molecule has 0 aliphatic rings. The molecule has 0 saturated carbocycles. The molecule has 5 heteroatoms. The Morgan fingerprint density at radius 2 is 1.92 bits per heavy atom. The molecule has 1 aromatic heterocycles. The van der Waals surface area contributed by atoms with Crippen LogP contribution in [0.15, 0.2) is 66.9 Å². The highest BCUT2D eigenvalue weighted by Gasteiger charge is 2.09. The minimum absolute atomic E-state index is 0.234. The molecule has 0 aliphatic heterocycles. The van der Waals surface area contributed by atoms with E-state index in [0.29, 0.717) is 11.6 Å². The molecule has 26 heavy (non-hydrogen) atoms. The molecule has 3 rings (SSSR count). The number of benzene rings is 2. The number of aryl methyl sites for hydroxylation is 1. The van der Waals surface area contributed by atoms with Gasteiger partial charge in [0.15, 0.2) is 5.11 Å². The van der Waals surface area contributed by atoms with Crippen LogP contribution in [0.1, 0.15) is 18.9 Å². The number of rotatable bonds is 6. The third-order valence-electron chi connectivity index (χ3n) is 3.88. The molecule has 2 aromatic carbocycles. The van der Waals surface area contributed by atoms with Crippen molar-refractivity contribution in [2.75, 3.05) is 5.32 Å². The molecule has 1 heterocycles. The van der Waals surface area contributed by atoms with E-state index in [1.165, 1.54) is 5.56 Å². The maximum atomic E-state index is 6.02. The van der Waals surface area contributed by atoms with Crippen LogP contribution < -0.4 is 15.8 Å². The molecule has 3 aromatic rings. The van der Waals surface area contributed by atoms with Crippen LogP contribution >= 0.6 is 12.2 Å². The fraction of sp³-hybridized carbons (Fsp3) is 0.143. The predicted octanol–water partition coefficient (Wildman–Crippen LogP) is 5.15. The van der Waals surface area contributed by atoms with Gasteiger partial charge in [0.05, 0.1) is 0 Å². The molecule has 0 radical (unpaired) electrons. The Morgan fingerprint density at radius 3 is 2.65 bits per heavy atom. The Morgan fingerprint density at radius 1 is 1.12 bits per heavy atom. The first-order chi connectivity index (χ1) is 12.7. The summed E-state index contributed by atoms with van der Waals surface area (Å²) in [6.45, 7) is 2.18. The standard InChI is InChI=1S/C21H21N3OS/c1-2-5-15-6-3-7-16(14-15)19-8-4-13-23-20(19)25-18-11-9-17(10-12-18)24-21(22)26/h3-4,6-14H,2,5H2,1H3,(H3,22,24,26). The molecule has 0 atom stereocenters. The third-order valence-corrected chi connectivity index (χ3v) is 3.99. The summed E-state index contributed by atoms with van der Waals surface area (Å²) in [4.78, 5) is 4.42. The quantitative estimate of drug-likeness (QED) is 0.593. The number of ether oxygens (including phenoxy) is 1.